The van der Waals surface area contributed by atoms with Gasteiger partial charge >= 0.3 is 0 Å². The van der Waals surface area contributed by atoms with E-state index < -0.39 is 5.82 Å². The Morgan fingerprint density at radius 3 is 2.45 bits per heavy atom. The zero-order valence-electron chi connectivity index (χ0n) is 10.3. The molecule has 0 fully saturated rings. The molecule has 0 aliphatic rings. The van der Waals surface area contributed by atoms with Crippen LogP contribution in [0.1, 0.15) is 17.0 Å². The summed E-state index contributed by atoms with van der Waals surface area (Å²) in [5.41, 5.74) is 2.19. The lowest BCUT2D eigenvalue weighted by molar-refractivity contribution is 0.619. The van der Waals surface area contributed by atoms with E-state index in [1.807, 2.05) is 6.07 Å². The molecule has 0 aliphatic carbocycles. The number of fused-ring (bicyclic) bond motifs is 1. The maximum atomic E-state index is 13.2. The van der Waals surface area contributed by atoms with Crippen LogP contribution < -0.4 is 0 Å². The molecular weight excluding hydrogens is 260 g/mol. The molecule has 0 atom stereocenters. The summed E-state index contributed by atoms with van der Waals surface area (Å²) in [6, 6.07) is 10.8. The third kappa shape index (κ3) is 2.12. The zero-order chi connectivity index (χ0) is 14.1. The quantitative estimate of drug-likeness (QED) is 0.717. The Balaban J connectivity index is 2.07. The highest BCUT2D eigenvalue weighted by Gasteiger charge is 2.12. The van der Waals surface area contributed by atoms with Crippen molar-refractivity contribution in [3.8, 4) is 6.07 Å². The van der Waals surface area contributed by atoms with Gasteiger partial charge in [0.2, 0.25) is 0 Å². The van der Waals surface area contributed by atoms with Crippen LogP contribution in [0.4, 0.5) is 8.78 Å². The van der Waals surface area contributed by atoms with Crippen LogP contribution in [0.3, 0.4) is 0 Å². The highest BCUT2D eigenvalue weighted by molar-refractivity contribution is 5.48. The number of benzene rings is 1. The van der Waals surface area contributed by atoms with Crippen LogP contribution in [-0.2, 0) is 6.42 Å². The molecule has 0 saturated carbocycles. The molecular formula is C15H9F2N3. The Morgan fingerprint density at radius 2 is 1.75 bits per heavy atom. The van der Waals surface area contributed by atoms with Gasteiger partial charge in [0.05, 0.1) is 5.69 Å². The van der Waals surface area contributed by atoms with Crippen molar-refractivity contribution >= 4 is 5.65 Å². The molecule has 2 aromatic heterocycles. The molecule has 98 valence electrons. The summed E-state index contributed by atoms with van der Waals surface area (Å²) in [6.07, 6.45) is 1.63. The fraction of sp³-hybridized carbons (Fsp3) is 0.0667. The van der Waals surface area contributed by atoms with E-state index in [1.165, 1.54) is 34.9 Å². The van der Waals surface area contributed by atoms with Crippen LogP contribution in [0, 0.1) is 23.0 Å². The lowest BCUT2D eigenvalue weighted by Gasteiger charge is -1.99. The van der Waals surface area contributed by atoms with Crippen LogP contribution >= 0.6 is 0 Å². The molecule has 2 heterocycles. The lowest BCUT2D eigenvalue weighted by atomic mass is 10.1. The van der Waals surface area contributed by atoms with Crippen molar-refractivity contribution in [2.45, 2.75) is 6.42 Å². The standard InChI is InChI=1S/C15H9F2N3/c16-11-3-1-10(2-4-11)7-13-14(8-18)20-9-12(17)5-6-15(20)19-13/h1-6,9H,7H2. The van der Waals surface area contributed by atoms with E-state index in [4.69, 9.17) is 0 Å². The molecule has 0 bridgehead atoms. The molecule has 0 spiro atoms. The van der Waals surface area contributed by atoms with E-state index in [1.54, 1.807) is 12.1 Å². The summed E-state index contributed by atoms with van der Waals surface area (Å²) in [6.45, 7) is 0. The predicted molar refractivity (Wildman–Crippen MR) is 69.1 cm³/mol. The molecule has 0 aliphatic heterocycles. The largest absolute Gasteiger partial charge is 0.288 e. The normalized spacial score (nSPS) is 10.7. The van der Waals surface area contributed by atoms with E-state index in [0.717, 1.165) is 5.56 Å². The number of pyridine rings is 1. The van der Waals surface area contributed by atoms with Crippen molar-refractivity contribution in [1.29, 1.82) is 5.26 Å². The number of rotatable bonds is 2. The van der Waals surface area contributed by atoms with Gasteiger partial charge < -0.3 is 0 Å². The molecule has 5 heteroatoms. The summed E-state index contributed by atoms with van der Waals surface area (Å²) < 4.78 is 27.5. The van der Waals surface area contributed by atoms with Gasteiger partial charge in [0.15, 0.2) is 0 Å². The van der Waals surface area contributed by atoms with Gasteiger partial charge in [-0.2, -0.15) is 5.26 Å². The summed E-state index contributed by atoms with van der Waals surface area (Å²) in [4.78, 5) is 4.32. The van der Waals surface area contributed by atoms with Gasteiger partial charge in [-0.3, -0.25) is 4.40 Å². The summed E-state index contributed by atoms with van der Waals surface area (Å²) >= 11 is 0. The average molecular weight is 269 g/mol. The first-order valence-corrected chi connectivity index (χ1v) is 5.98. The van der Waals surface area contributed by atoms with Crippen molar-refractivity contribution in [3.05, 3.63) is 71.2 Å². The topological polar surface area (TPSA) is 41.1 Å². The fourth-order valence-corrected chi connectivity index (χ4v) is 2.10. The van der Waals surface area contributed by atoms with Crippen molar-refractivity contribution in [3.63, 3.8) is 0 Å². The van der Waals surface area contributed by atoms with Crippen LogP contribution in [-0.4, -0.2) is 9.38 Å². The Hall–Kier alpha value is -2.74. The first-order valence-electron chi connectivity index (χ1n) is 5.98. The summed E-state index contributed by atoms with van der Waals surface area (Å²) in [5, 5.41) is 9.23. The van der Waals surface area contributed by atoms with E-state index in [0.29, 0.717) is 23.5 Å². The van der Waals surface area contributed by atoms with Gasteiger partial charge in [0.1, 0.15) is 29.0 Å². The molecule has 1 aromatic carbocycles. The van der Waals surface area contributed by atoms with E-state index in [9.17, 15) is 14.0 Å². The highest BCUT2D eigenvalue weighted by atomic mass is 19.1. The minimum Gasteiger partial charge on any atom is -0.288 e. The van der Waals surface area contributed by atoms with Gasteiger partial charge in [-0.1, -0.05) is 12.1 Å². The van der Waals surface area contributed by atoms with Gasteiger partial charge in [-0.25, -0.2) is 13.8 Å². The minimum atomic E-state index is -0.431. The molecule has 0 unspecified atom stereocenters. The average Bonchev–Trinajstić information content (AvgIpc) is 2.78. The number of nitrogens with zero attached hydrogens (tertiary/aromatic N) is 3. The van der Waals surface area contributed by atoms with Gasteiger partial charge in [-0.15, -0.1) is 0 Å². The Labute approximate surface area is 113 Å². The lowest BCUT2D eigenvalue weighted by Crippen LogP contribution is -1.94. The molecule has 3 nitrogen and oxygen atoms in total. The monoisotopic (exact) mass is 269 g/mol. The maximum Gasteiger partial charge on any atom is 0.148 e. The Morgan fingerprint density at radius 1 is 1.05 bits per heavy atom. The second-order valence-corrected chi connectivity index (χ2v) is 4.40. The van der Waals surface area contributed by atoms with E-state index in [-0.39, 0.29) is 5.82 Å². The van der Waals surface area contributed by atoms with Crippen LogP contribution in [0.2, 0.25) is 0 Å². The Kier molecular flexibility index (Phi) is 2.92. The third-order valence-corrected chi connectivity index (χ3v) is 3.05. The van der Waals surface area contributed by atoms with Crippen molar-refractivity contribution in [1.82, 2.24) is 9.38 Å². The summed E-state index contributed by atoms with van der Waals surface area (Å²) in [7, 11) is 0. The first-order chi connectivity index (χ1) is 9.67. The molecule has 20 heavy (non-hydrogen) atoms. The summed E-state index contributed by atoms with van der Waals surface area (Å²) in [5.74, 6) is -0.744. The second kappa shape index (κ2) is 4.74. The Bertz CT molecular complexity index is 813. The van der Waals surface area contributed by atoms with Crippen LogP contribution in [0.15, 0.2) is 42.6 Å². The van der Waals surface area contributed by atoms with Crippen LogP contribution in [0.25, 0.3) is 5.65 Å². The number of nitriles is 1. The van der Waals surface area contributed by atoms with Crippen molar-refractivity contribution in [2.75, 3.05) is 0 Å². The molecule has 0 N–H and O–H groups in total. The third-order valence-electron chi connectivity index (χ3n) is 3.05. The van der Waals surface area contributed by atoms with Gasteiger partial charge in [-0.05, 0) is 29.8 Å². The van der Waals surface area contributed by atoms with E-state index in [2.05, 4.69) is 4.98 Å². The molecule has 0 radical (unpaired) electrons. The molecule has 0 amide bonds. The number of halogens is 2. The van der Waals surface area contributed by atoms with E-state index >= 15 is 0 Å². The number of imidazole rings is 1. The zero-order valence-corrected chi connectivity index (χ0v) is 10.3. The second-order valence-electron chi connectivity index (χ2n) is 4.40. The first kappa shape index (κ1) is 12.3. The van der Waals surface area contributed by atoms with Gasteiger partial charge in [0, 0.05) is 12.6 Å². The maximum absolute atomic E-state index is 13.2. The van der Waals surface area contributed by atoms with Gasteiger partial charge in [0.25, 0.3) is 0 Å². The SMILES string of the molecule is N#Cc1c(Cc2ccc(F)cc2)nc2ccc(F)cn12. The highest BCUT2D eigenvalue weighted by Crippen LogP contribution is 2.17. The van der Waals surface area contributed by atoms with Crippen molar-refractivity contribution < 1.29 is 8.78 Å². The molecule has 0 saturated heterocycles. The minimum absolute atomic E-state index is 0.295. The molecule has 3 rings (SSSR count). The predicted octanol–water partition coefficient (Wildman–Crippen LogP) is 3.07. The molecule has 3 aromatic rings. The van der Waals surface area contributed by atoms with Crippen molar-refractivity contribution in [2.24, 2.45) is 0 Å². The fourth-order valence-electron chi connectivity index (χ4n) is 2.10. The number of aromatic nitrogens is 2. The number of hydrogen-bond acceptors (Lipinski definition) is 2. The van der Waals surface area contributed by atoms with Crippen LogP contribution in [0.5, 0.6) is 0 Å². The number of hydrogen-bond donors (Lipinski definition) is 0. The smallest absolute Gasteiger partial charge is 0.148 e.